The smallest absolute Gasteiger partial charge is 0.244 e. The van der Waals surface area contributed by atoms with Crippen molar-refractivity contribution in [2.75, 3.05) is 0 Å². The number of hydrogen-bond donors (Lipinski definition) is 3. The molecule has 2 heterocycles. The predicted molar refractivity (Wildman–Crippen MR) is 90.0 cm³/mol. The molecule has 2 amide bonds. The molecule has 0 aromatic rings. The molecule has 0 aromatic carbocycles. The number of amides is 2. The highest BCUT2D eigenvalue weighted by Gasteiger charge is 2.56. The number of aliphatic hydroxyl groups is 1. The van der Waals surface area contributed by atoms with E-state index in [1.54, 1.807) is 6.08 Å². The lowest BCUT2D eigenvalue weighted by atomic mass is 9.53. The van der Waals surface area contributed by atoms with Gasteiger partial charge in [0.2, 0.25) is 11.8 Å². The maximum Gasteiger partial charge on any atom is 0.244 e. The Morgan fingerprint density at radius 2 is 1.92 bits per heavy atom. The van der Waals surface area contributed by atoms with E-state index in [4.69, 9.17) is 0 Å². The molecule has 1 saturated heterocycles. The molecule has 4 aliphatic rings. The van der Waals surface area contributed by atoms with Crippen LogP contribution in [0, 0.1) is 17.3 Å². The molecule has 132 valence electrons. The molecule has 0 bridgehead atoms. The van der Waals surface area contributed by atoms with E-state index in [1.807, 2.05) is 0 Å². The summed E-state index contributed by atoms with van der Waals surface area (Å²) >= 11 is 0. The number of aliphatic hydroxyl groups excluding tert-OH is 1. The minimum absolute atomic E-state index is 0.0220. The summed E-state index contributed by atoms with van der Waals surface area (Å²) in [5, 5.41) is 16.5. The summed E-state index contributed by atoms with van der Waals surface area (Å²) in [6.07, 6.45) is 7.15. The molecule has 6 atom stereocenters. The van der Waals surface area contributed by atoms with Crippen LogP contribution >= 0.6 is 0 Å². The molecule has 5 heteroatoms. The van der Waals surface area contributed by atoms with Gasteiger partial charge in [-0.2, -0.15) is 0 Å². The Hall–Kier alpha value is -1.36. The van der Waals surface area contributed by atoms with Gasteiger partial charge in [-0.3, -0.25) is 9.59 Å². The van der Waals surface area contributed by atoms with Crippen LogP contribution in [0.25, 0.3) is 0 Å². The summed E-state index contributed by atoms with van der Waals surface area (Å²) in [7, 11) is 0. The first-order valence-corrected chi connectivity index (χ1v) is 9.32. The molecule has 0 radical (unpaired) electrons. The predicted octanol–water partition coefficient (Wildman–Crippen LogP) is 1.66. The Morgan fingerprint density at radius 1 is 1.12 bits per heavy atom. The van der Waals surface area contributed by atoms with Crippen LogP contribution in [0.2, 0.25) is 0 Å². The van der Waals surface area contributed by atoms with Gasteiger partial charge in [-0.25, -0.2) is 0 Å². The highest BCUT2D eigenvalue weighted by Crippen LogP contribution is 2.55. The molecule has 2 aliphatic carbocycles. The third-order valence-corrected chi connectivity index (χ3v) is 7.39. The molecule has 2 aliphatic heterocycles. The molecule has 4 rings (SSSR count). The summed E-state index contributed by atoms with van der Waals surface area (Å²) in [5.41, 5.74) is 0.889. The van der Waals surface area contributed by atoms with E-state index in [0.29, 0.717) is 18.8 Å². The van der Waals surface area contributed by atoms with Crippen LogP contribution in [-0.4, -0.2) is 34.6 Å². The molecule has 0 unspecified atom stereocenters. The first-order valence-electron chi connectivity index (χ1n) is 9.32. The van der Waals surface area contributed by atoms with Crippen molar-refractivity contribution in [1.82, 2.24) is 10.6 Å². The van der Waals surface area contributed by atoms with Crippen LogP contribution in [-0.2, 0) is 9.59 Å². The third-order valence-electron chi connectivity index (χ3n) is 7.39. The molecule has 0 aromatic heterocycles. The Kier molecular flexibility index (Phi) is 3.57. The maximum absolute atomic E-state index is 12.5. The van der Waals surface area contributed by atoms with E-state index in [1.165, 1.54) is 0 Å². The minimum Gasteiger partial charge on any atom is -0.393 e. The number of carbonyl (C=O) groups excluding carboxylic acids is 2. The number of fused-ring (bicyclic) bond motifs is 5. The van der Waals surface area contributed by atoms with Gasteiger partial charge in [-0.15, -0.1) is 0 Å². The normalized spacial score (nSPS) is 48.0. The van der Waals surface area contributed by atoms with E-state index in [0.717, 1.165) is 37.7 Å². The second kappa shape index (κ2) is 5.32. The Bertz CT molecular complexity index is 616. The van der Waals surface area contributed by atoms with Crippen molar-refractivity contribution in [2.45, 2.75) is 76.5 Å². The number of rotatable bonds is 0. The standard InChI is InChI=1S/C19H28N2O3/c1-18-7-5-12(22)9-11(18)10-16(24)20-17-13(18)6-8-19(2)14(17)3-4-15(23)21-19/h10,12-14,17,22H,3-9H2,1-2H3,(H,20,24)(H,21,23)/t12-,13-,14-,17+,18-,19-/m0/s1. The Morgan fingerprint density at radius 3 is 2.71 bits per heavy atom. The van der Waals surface area contributed by atoms with Gasteiger partial charge in [-0.05, 0) is 56.8 Å². The average Bonchev–Trinajstić information content (AvgIpc) is 2.60. The van der Waals surface area contributed by atoms with Crippen LogP contribution in [0.15, 0.2) is 11.6 Å². The Labute approximate surface area is 143 Å². The molecular formula is C19H28N2O3. The van der Waals surface area contributed by atoms with Crippen LogP contribution < -0.4 is 10.6 Å². The summed E-state index contributed by atoms with van der Waals surface area (Å²) in [5.74, 6) is 0.780. The molecule has 3 N–H and O–H groups in total. The Balaban J connectivity index is 1.71. The van der Waals surface area contributed by atoms with Crippen molar-refractivity contribution in [3.8, 4) is 0 Å². The highest BCUT2D eigenvalue weighted by atomic mass is 16.3. The van der Waals surface area contributed by atoms with Crippen molar-refractivity contribution in [2.24, 2.45) is 17.3 Å². The fraction of sp³-hybridized carbons (Fsp3) is 0.789. The molecule has 24 heavy (non-hydrogen) atoms. The first-order chi connectivity index (χ1) is 11.3. The highest BCUT2D eigenvalue weighted by molar-refractivity contribution is 5.89. The van der Waals surface area contributed by atoms with E-state index in [2.05, 4.69) is 24.5 Å². The van der Waals surface area contributed by atoms with Crippen molar-refractivity contribution in [1.29, 1.82) is 0 Å². The van der Waals surface area contributed by atoms with Crippen LogP contribution in [0.4, 0.5) is 0 Å². The van der Waals surface area contributed by atoms with Crippen LogP contribution in [0.5, 0.6) is 0 Å². The number of carbonyl (C=O) groups is 2. The van der Waals surface area contributed by atoms with Crippen LogP contribution in [0.3, 0.4) is 0 Å². The minimum atomic E-state index is -0.323. The zero-order valence-electron chi connectivity index (χ0n) is 14.6. The second-order valence-corrected chi connectivity index (χ2v) is 8.77. The van der Waals surface area contributed by atoms with Crippen molar-refractivity contribution in [3.05, 3.63) is 11.6 Å². The summed E-state index contributed by atoms with van der Waals surface area (Å²) in [6, 6.07) is 0.103. The summed E-state index contributed by atoms with van der Waals surface area (Å²) < 4.78 is 0. The zero-order chi connectivity index (χ0) is 17.1. The lowest BCUT2D eigenvalue weighted by Gasteiger charge is -2.56. The van der Waals surface area contributed by atoms with Gasteiger partial charge < -0.3 is 15.7 Å². The van der Waals surface area contributed by atoms with Crippen LogP contribution in [0.1, 0.15) is 58.8 Å². The van der Waals surface area contributed by atoms with Gasteiger partial charge in [-0.1, -0.05) is 12.5 Å². The lowest BCUT2D eigenvalue weighted by molar-refractivity contribution is -0.130. The topological polar surface area (TPSA) is 78.4 Å². The fourth-order valence-corrected chi connectivity index (χ4v) is 5.96. The van der Waals surface area contributed by atoms with Gasteiger partial charge in [0.25, 0.3) is 0 Å². The average molecular weight is 332 g/mol. The molecule has 0 spiro atoms. The van der Waals surface area contributed by atoms with E-state index >= 15 is 0 Å². The quantitative estimate of drug-likeness (QED) is 0.631. The summed E-state index contributed by atoms with van der Waals surface area (Å²) in [6.45, 7) is 4.43. The maximum atomic E-state index is 12.5. The van der Waals surface area contributed by atoms with Gasteiger partial charge in [0.1, 0.15) is 0 Å². The monoisotopic (exact) mass is 332 g/mol. The molecule has 3 fully saturated rings. The SMILES string of the molecule is C[C@]12CC[C@H](O)CC1=CC(=O)N[C@@H]1[C@@H]2CC[C@]2(C)NC(=O)CC[C@@H]12. The van der Waals surface area contributed by atoms with E-state index < -0.39 is 0 Å². The van der Waals surface area contributed by atoms with Crippen molar-refractivity contribution >= 4 is 11.8 Å². The lowest BCUT2D eigenvalue weighted by Crippen LogP contribution is -2.66. The van der Waals surface area contributed by atoms with Gasteiger partial charge in [0.05, 0.1) is 6.10 Å². The second-order valence-electron chi connectivity index (χ2n) is 8.77. The number of hydrogen-bond acceptors (Lipinski definition) is 3. The third kappa shape index (κ3) is 2.32. The zero-order valence-corrected chi connectivity index (χ0v) is 14.6. The largest absolute Gasteiger partial charge is 0.393 e. The fourth-order valence-electron chi connectivity index (χ4n) is 5.96. The van der Waals surface area contributed by atoms with Gasteiger partial charge in [0.15, 0.2) is 0 Å². The summed E-state index contributed by atoms with van der Waals surface area (Å²) in [4.78, 5) is 24.4. The van der Waals surface area contributed by atoms with Crippen molar-refractivity contribution < 1.29 is 14.7 Å². The molecule has 2 saturated carbocycles. The number of piperidine rings is 1. The van der Waals surface area contributed by atoms with E-state index in [9.17, 15) is 14.7 Å². The van der Waals surface area contributed by atoms with Gasteiger partial charge >= 0.3 is 0 Å². The van der Waals surface area contributed by atoms with Gasteiger partial charge in [0, 0.05) is 30.0 Å². The molecular weight excluding hydrogens is 304 g/mol. The van der Waals surface area contributed by atoms with E-state index in [-0.39, 0.29) is 40.8 Å². The number of nitrogens with one attached hydrogen (secondary N) is 2. The van der Waals surface area contributed by atoms with Crippen molar-refractivity contribution in [3.63, 3.8) is 0 Å². The molecule has 5 nitrogen and oxygen atoms in total. The first kappa shape index (κ1) is 16.1.